The van der Waals surface area contributed by atoms with E-state index in [-0.39, 0.29) is 10.8 Å². The zero-order valence-electron chi connectivity index (χ0n) is 9.64. The number of benzene rings is 1. The molecule has 0 radical (unpaired) electrons. The van der Waals surface area contributed by atoms with Crippen molar-refractivity contribution < 1.29 is 14.7 Å². The summed E-state index contributed by atoms with van der Waals surface area (Å²) in [6.07, 6.45) is 0. The van der Waals surface area contributed by atoms with Crippen LogP contribution in [0.15, 0.2) is 36.4 Å². The van der Waals surface area contributed by atoms with Gasteiger partial charge in [0.15, 0.2) is 0 Å². The van der Waals surface area contributed by atoms with Crippen molar-refractivity contribution in [2.24, 2.45) is 0 Å². The molecule has 1 aromatic heterocycles. The molecule has 0 saturated heterocycles. The predicted molar refractivity (Wildman–Crippen MR) is 70.1 cm³/mol. The predicted octanol–water partition coefficient (Wildman–Crippen LogP) is 2.47. The van der Waals surface area contributed by atoms with E-state index in [1.807, 2.05) is 12.1 Å². The molecule has 0 saturated carbocycles. The fourth-order valence-corrected chi connectivity index (χ4v) is 2.51. The fourth-order valence-electron chi connectivity index (χ4n) is 1.63. The average Bonchev–Trinajstić information content (AvgIpc) is 2.87. The van der Waals surface area contributed by atoms with Crippen LogP contribution in [0.3, 0.4) is 0 Å². The molecule has 0 spiro atoms. The van der Waals surface area contributed by atoms with Crippen LogP contribution in [0.5, 0.6) is 0 Å². The van der Waals surface area contributed by atoms with Crippen LogP contribution in [0.1, 0.15) is 20.0 Å². The van der Waals surface area contributed by atoms with Crippen molar-refractivity contribution >= 4 is 23.2 Å². The maximum Gasteiger partial charge on any atom is 0.345 e. The third-order valence-corrected chi connectivity index (χ3v) is 3.59. The van der Waals surface area contributed by atoms with Gasteiger partial charge in [-0.25, -0.2) is 4.79 Å². The van der Waals surface area contributed by atoms with Gasteiger partial charge in [0.05, 0.1) is 0 Å². The molecule has 0 fully saturated rings. The number of carboxylic acid groups (broad SMARTS) is 1. The van der Waals surface area contributed by atoms with E-state index in [4.69, 9.17) is 5.11 Å². The summed E-state index contributed by atoms with van der Waals surface area (Å²) in [5.74, 6) is -1.14. The lowest BCUT2D eigenvalue weighted by Gasteiger charge is -2.05. The van der Waals surface area contributed by atoms with Crippen LogP contribution in [0, 0.1) is 0 Å². The van der Waals surface area contributed by atoms with Gasteiger partial charge in [0.25, 0.3) is 5.91 Å². The topological polar surface area (TPSA) is 66.4 Å². The molecule has 0 bridgehead atoms. The summed E-state index contributed by atoms with van der Waals surface area (Å²) in [6.45, 7) is 0. The average molecular weight is 261 g/mol. The summed E-state index contributed by atoms with van der Waals surface area (Å²) in [5, 5.41) is 11.5. The van der Waals surface area contributed by atoms with Crippen molar-refractivity contribution in [2.75, 3.05) is 7.05 Å². The lowest BCUT2D eigenvalue weighted by molar-refractivity contribution is 0.0702. The van der Waals surface area contributed by atoms with E-state index >= 15 is 0 Å². The highest BCUT2D eigenvalue weighted by atomic mass is 32.1. The Kier molecular flexibility index (Phi) is 3.43. The van der Waals surface area contributed by atoms with E-state index in [1.165, 1.54) is 0 Å². The second-order valence-electron chi connectivity index (χ2n) is 3.59. The molecule has 0 aliphatic carbocycles. The molecule has 2 N–H and O–H groups in total. The minimum atomic E-state index is -0.955. The zero-order valence-corrected chi connectivity index (χ0v) is 10.5. The minimum absolute atomic E-state index is 0.184. The SMILES string of the molecule is CNC(=O)c1ccccc1-c1ccc(C(=O)O)s1. The number of rotatable bonds is 3. The van der Waals surface area contributed by atoms with Crippen LogP contribution in [0.2, 0.25) is 0 Å². The number of carboxylic acids is 1. The third kappa shape index (κ3) is 2.26. The van der Waals surface area contributed by atoms with Crippen molar-refractivity contribution in [3.63, 3.8) is 0 Å². The van der Waals surface area contributed by atoms with Crippen LogP contribution in [-0.4, -0.2) is 24.0 Å². The maximum atomic E-state index is 11.7. The minimum Gasteiger partial charge on any atom is -0.477 e. The van der Waals surface area contributed by atoms with Crippen LogP contribution in [0.4, 0.5) is 0 Å². The monoisotopic (exact) mass is 261 g/mol. The van der Waals surface area contributed by atoms with E-state index < -0.39 is 5.97 Å². The van der Waals surface area contributed by atoms with Gasteiger partial charge in [-0.1, -0.05) is 18.2 Å². The van der Waals surface area contributed by atoms with Crippen molar-refractivity contribution in [3.8, 4) is 10.4 Å². The number of nitrogens with one attached hydrogen (secondary N) is 1. The van der Waals surface area contributed by atoms with Crippen LogP contribution in [0.25, 0.3) is 10.4 Å². The Morgan fingerprint density at radius 1 is 1.17 bits per heavy atom. The first-order chi connectivity index (χ1) is 8.63. The molecule has 5 heteroatoms. The summed E-state index contributed by atoms with van der Waals surface area (Å²) < 4.78 is 0. The standard InChI is InChI=1S/C13H11NO3S/c1-14-12(15)9-5-3-2-4-8(9)10-6-7-11(18-10)13(16)17/h2-7H,1H3,(H,14,15)(H,16,17). The Labute approximate surface area is 108 Å². The fraction of sp³-hybridized carbons (Fsp3) is 0.0769. The molecule has 0 unspecified atom stereocenters. The first-order valence-electron chi connectivity index (χ1n) is 5.28. The van der Waals surface area contributed by atoms with Gasteiger partial charge < -0.3 is 10.4 Å². The second-order valence-corrected chi connectivity index (χ2v) is 4.68. The molecule has 1 aromatic carbocycles. The number of thiophene rings is 1. The number of aromatic carboxylic acids is 1. The van der Waals surface area contributed by atoms with E-state index in [9.17, 15) is 9.59 Å². The van der Waals surface area contributed by atoms with Gasteiger partial charge in [0.1, 0.15) is 4.88 Å². The van der Waals surface area contributed by atoms with Crippen molar-refractivity contribution in [1.29, 1.82) is 0 Å². The molecule has 18 heavy (non-hydrogen) atoms. The molecular formula is C13H11NO3S. The third-order valence-electron chi connectivity index (χ3n) is 2.48. The first kappa shape index (κ1) is 12.3. The largest absolute Gasteiger partial charge is 0.477 e. The van der Waals surface area contributed by atoms with Crippen LogP contribution >= 0.6 is 11.3 Å². The van der Waals surface area contributed by atoms with Crippen molar-refractivity contribution in [1.82, 2.24) is 5.32 Å². The van der Waals surface area contributed by atoms with E-state index in [0.29, 0.717) is 5.56 Å². The second kappa shape index (κ2) is 5.01. The van der Waals surface area contributed by atoms with Gasteiger partial charge in [-0.05, 0) is 18.2 Å². The Morgan fingerprint density at radius 3 is 2.50 bits per heavy atom. The highest BCUT2D eigenvalue weighted by Gasteiger charge is 2.14. The number of hydrogen-bond donors (Lipinski definition) is 2. The zero-order chi connectivity index (χ0) is 13.1. The quantitative estimate of drug-likeness (QED) is 0.892. The van der Waals surface area contributed by atoms with E-state index in [1.54, 1.807) is 31.3 Å². The first-order valence-corrected chi connectivity index (χ1v) is 6.09. The van der Waals surface area contributed by atoms with Gasteiger partial charge in [-0.3, -0.25) is 4.79 Å². The molecule has 0 aliphatic heterocycles. The summed E-state index contributed by atoms with van der Waals surface area (Å²) in [7, 11) is 1.57. The van der Waals surface area contributed by atoms with Gasteiger partial charge in [-0.15, -0.1) is 11.3 Å². The Morgan fingerprint density at radius 2 is 1.89 bits per heavy atom. The molecule has 1 amide bonds. The normalized spacial score (nSPS) is 10.1. The Hall–Kier alpha value is -2.14. The van der Waals surface area contributed by atoms with Gasteiger partial charge >= 0.3 is 5.97 Å². The maximum absolute atomic E-state index is 11.7. The van der Waals surface area contributed by atoms with Crippen LogP contribution < -0.4 is 5.32 Å². The summed E-state index contributed by atoms with van der Waals surface area (Å²) in [4.78, 5) is 23.6. The summed E-state index contributed by atoms with van der Waals surface area (Å²) in [6, 6.07) is 10.4. The Balaban J connectivity index is 2.49. The summed E-state index contributed by atoms with van der Waals surface area (Å²) >= 11 is 1.16. The molecule has 92 valence electrons. The van der Waals surface area contributed by atoms with E-state index in [0.717, 1.165) is 21.8 Å². The molecule has 0 aliphatic rings. The van der Waals surface area contributed by atoms with Gasteiger partial charge in [0, 0.05) is 23.1 Å². The Bertz CT molecular complexity index is 604. The van der Waals surface area contributed by atoms with Gasteiger partial charge in [-0.2, -0.15) is 0 Å². The van der Waals surface area contributed by atoms with Crippen LogP contribution in [-0.2, 0) is 0 Å². The van der Waals surface area contributed by atoms with Crippen molar-refractivity contribution in [2.45, 2.75) is 0 Å². The number of amides is 1. The van der Waals surface area contributed by atoms with E-state index in [2.05, 4.69) is 5.32 Å². The number of hydrogen-bond acceptors (Lipinski definition) is 3. The van der Waals surface area contributed by atoms with Gasteiger partial charge in [0.2, 0.25) is 0 Å². The highest BCUT2D eigenvalue weighted by Crippen LogP contribution is 2.30. The lowest BCUT2D eigenvalue weighted by Crippen LogP contribution is -2.18. The lowest BCUT2D eigenvalue weighted by atomic mass is 10.1. The molecule has 4 nitrogen and oxygen atoms in total. The van der Waals surface area contributed by atoms with Crippen molar-refractivity contribution in [3.05, 3.63) is 46.8 Å². The number of carbonyl (C=O) groups excluding carboxylic acids is 1. The molecule has 2 aromatic rings. The molecular weight excluding hydrogens is 250 g/mol. The molecule has 1 heterocycles. The molecule has 0 atom stereocenters. The number of carbonyl (C=O) groups is 2. The highest BCUT2D eigenvalue weighted by molar-refractivity contribution is 7.17. The smallest absolute Gasteiger partial charge is 0.345 e. The molecule has 2 rings (SSSR count). The summed E-state index contributed by atoms with van der Waals surface area (Å²) in [5.41, 5.74) is 1.29.